The number of fused-ring (bicyclic) bond motifs is 1. The third kappa shape index (κ3) is 2.30. The molecule has 0 unspecified atom stereocenters. The zero-order valence-corrected chi connectivity index (χ0v) is 11.8. The Bertz CT molecular complexity index is 783. The standard InChI is InChI=1S/C17H14ClNO/c1-11-6-8-17(15(19)10-11)20-16-9-7-14(18)12-4-2-3-5-13(12)16/h2-10H,19H2,1H3. The van der Waals surface area contributed by atoms with Crippen LogP contribution in [0.15, 0.2) is 54.6 Å². The molecule has 0 amide bonds. The van der Waals surface area contributed by atoms with Gasteiger partial charge in [-0.3, -0.25) is 0 Å². The Balaban J connectivity index is 2.09. The van der Waals surface area contributed by atoms with Gasteiger partial charge in [0.25, 0.3) is 0 Å². The van der Waals surface area contributed by atoms with Crippen LogP contribution in [-0.4, -0.2) is 0 Å². The molecule has 0 heterocycles. The number of rotatable bonds is 2. The third-order valence-electron chi connectivity index (χ3n) is 3.22. The lowest BCUT2D eigenvalue weighted by Gasteiger charge is -2.12. The fourth-order valence-electron chi connectivity index (χ4n) is 2.20. The van der Waals surface area contributed by atoms with Gasteiger partial charge in [0, 0.05) is 15.8 Å². The van der Waals surface area contributed by atoms with E-state index in [0.29, 0.717) is 16.5 Å². The molecule has 0 radical (unpaired) electrons. The van der Waals surface area contributed by atoms with Crippen LogP contribution in [0.4, 0.5) is 5.69 Å². The number of ether oxygens (including phenoxy) is 1. The average Bonchev–Trinajstić information content (AvgIpc) is 2.45. The Labute approximate surface area is 122 Å². The molecular formula is C17H14ClNO. The Morgan fingerprint density at radius 3 is 2.35 bits per heavy atom. The Hall–Kier alpha value is -2.19. The van der Waals surface area contributed by atoms with E-state index in [9.17, 15) is 0 Å². The van der Waals surface area contributed by atoms with Crippen molar-refractivity contribution in [3.05, 3.63) is 65.2 Å². The topological polar surface area (TPSA) is 35.2 Å². The zero-order valence-electron chi connectivity index (χ0n) is 11.1. The van der Waals surface area contributed by atoms with Crippen LogP contribution >= 0.6 is 11.6 Å². The van der Waals surface area contributed by atoms with Crippen LogP contribution in [0.1, 0.15) is 5.56 Å². The van der Waals surface area contributed by atoms with E-state index >= 15 is 0 Å². The minimum absolute atomic E-state index is 0.629. The number of hydrogen-bond acceptors (Lipinski definition) is 2. The van der Waals surface area contributed by atoms with Gasteiger partial charge in [-0.05, 0) is 36.8 Å². The van der Waals surface area contributed by atoms with Crippen LogP contribution in [0.3, 0.4) is 0 Å². The molecule has 0 aliphatic heterocycles. The second kappa shape index (κ2) is 5.06. The van der Waals surface area contributed by atoms with Gasteiger partial charge in [0.05, 0.1) is 5.69 Å². The van der Waals surface area contributed by atoms with Crippen LogP contribution < -0.4 is 10.5 Å². The smallest absolute Gasteiger partial charge is 0.150 e. The number of nitrogen functional groups attached to an aromatic ring is 1. The summed E-state index contributed by atoms with van der Waals surface area (Å²) in [7, 11) is 0. The number of benzene rings is 3. The first kappa shape index (κ1) is 12.8. The summed E-state index contributed by atoms with van der Waals surface area (Å²) in [5.74, 6) is 1.41. The fourth-order valence-corrected chi connectivity index (χ4v) is 2.43. The summed E-state index contributed by atoms with van der Waals surface area (Å²) in [5.41, 5.74) is 7.73. The summed E-state index contributed by atoms with van der Waals surface area (Å²) < 4.78 is 5.95. The van der Waals surface area contributed by atoms with Crippen molar-refractivity contribution >= 4 is 28.1 Å². The lowest BCUT2D eigenvalue weighted by molar-refractivity contribution is 0.490. The quantitative estimate of drug-likeness (QED) is 0.658. The minimum Gasteiger partial charge on any atom is -0.455 e. The summed E-state index contributed by atoms with van der Waals surface area (Å²) >= 11 is 6.20. The van der Waals surface area contributed by atoms with Crippen molar-refractivity contribution in [3.63, 3.8) is 0 Å². The highest BCUT2D eigenvalue weighted by atomic mass is 35.5. The summed E-state index contributed by atoms with van der Waals surface area (Å²) in [5, 5.41) is 2.65. The van der Waals surface area contributed by atoms with Crippen molar-refractivity contribution in [2.75, 3.05) is 5.73 Å². The lowest BCUT2D eigenvalue weighted by Crippen LogP contribution is -1.93. The van der Waals surface area contributed by atoms with Gasteiger partial charge in [-0.15, -0.1) is 0 Å². The maximum atomic E-state index is 6.20. The predicted molar refractivity (Wildman–Crippen MR) is 84.6 cm³/mol. The van der Waals surface area contributed by atoms with Crippen molar-refractivity contribution in [1.82, 2.24) is 0 Å². The molecule has 0 aromatic heterocycles. The molecule has 3 rings (SSSR count). The fraction of sp³-hybridized carbons (Fsp3) is 0.0588. The molecule has 0 bridgehead atoms. The molecule has 3 heteroatoms. The first-order valence-electron chi connectivity index (χ1n) is 6.36. The SMILES string of the molecule is Cc1ccc(Oc2ccc(Cl)c3ccccc23)c(N)c1. The first-order chi connectivity index (χ1) is 9.65. The predicted octanol–water partition coefficient (Wildman–Crippen LogP) is 5.18. The van der Waals surface area contributed by atoms with Gasteiger partial charge in [-0.1, -0.05) is 41.9 Å². The number of aryl methyl sites for hydroxylation is 1. The van der Waals surface area contributed by atoms with E-state index in [1.807, 2.05) is 61.5 Å². The van der Waals surface area contributed by atoms with E-state index in [-0.39, 0.29) is 0 Å². The number of nitrogens with two attached hydrogens (primary N) is 1. The minimum atomic E-state index is 0.629. The lowest BCUT2D eigenvalue weighted by atomic mass is 10.1. The van der Waals surface area contributed by atoms with Crippen molar-refractivity contribution in [1.29, 1.82) is 0 Å². The van der Waals surface area contributed by atoms with Crippen LogP contribution in [0.2, 0.25) is 5.02 Å². The van der Waals surface area contributed by atoms with Crippen LogP contribution in [-0.2, 0) is 0 Å². The monoisotopic (exact) mass is 283 g/mol. The normalized spacial score (nSPS) is 10.7. The Morgan fingerprint density at radius 2 is 1.60 bits per heavy atom. The third-order valence-corrected chi connectivity index (χ3v) is 3.55. The number of hydrogen-bond donors (Lipinski definition) is 1. The largest absolute Gasteiger partial charge is 0.455 e. The van der Waals surface area contributed by atoms with Crippen molar-refractivity contribution < 1.29 is 4.74 Å². The van der Waals surface area contributed by atoms with E-state index in [2.05, 4.69) is 0 Å². The molecule has 100 valence electrons. The van der Waals surface area contributed by atoms with Gasteiger partial charge >= 0.3 is 0 Å². The Morgan fingerprint density at radius 1 is 0.900 bits per heavy atom. The van der Waals surface area contributed by atoms with Crippen LogP contribution in [0, 0.1) is 6.92 Å². The van der Waals surface area contributed by atoms with Gasteiger partial charge in [-0.2, -0.15) is 0 Å². The van der Waals surface area contributed by atoms with E-state index in [0.717, 1.165) is 22.1 Å². The van der Waals surface area contributed by atoms with Gasteiger partial charge in [-0.25, -0.2) is 0 Å². The van der Waals surface area contributed by atoms with E-state index < -0.39 is 0 Å². The second-order valence-corrected chi connectivity index (χ2v) is 5.14. The molecule has 0 spiro atoms. The van der Waals surface area contributed by atoms with Crippen molar-refractivity contribution in [2.24, 2.45) is 0 Å². The molecule has 20 heavy (non-hydrogen) atoms. The molecule has 0 aliphatic carbocycles. The van der Waals surface area contributed by atoms with Gasteiger partial charge < -0.3 is 10.5 Å². The highest BCUT2D eigenvalue weighted by Crippen LogP contribution is 2.35. The molecule has 3 aromatic rings. The Kier molecular flexibility index (Phi) is 3.25. The summed E-state index contributed by atoms with van der Waals surface area (Å²) in [4.78, 5) is 0. The molecule has 0 saturated heterocycles. The van der Waals surface area contributed by atoms with Gasteiger partial charge in [0.15, 0.2) is 0 Å². The molecule has 0 aliphatic rings. The molecule has 2 nitrogen and oxygen atoms in total. The van der Waals surface area contributed by atoms with E-state index in [1.54, 1.807) is 0 Å². The molecule has 0 fully saturated rings. The van der Waals surface area contributed by atoms with E-state index in [1.165, 1.54) is 0 Å². The number of anilines is 1. The van der Waals surface area contributed by atoms with Crippen LogP contribution in [0.25, 0.3) is 10.8 Å². The summed E-state index contributed by atoms with van der Waals surface area (Å²) in [6.07, 6.45) is 0. The van der Waals surface area contributed by atoms with E-state index in [4.69, 9.17) is 22.1 Å². The highest BCUT2D eigenvalue weighted by Gasteiger charge is 2.08. The van der Waals surface area contributed by atoms with Gasteiger partial charge in [0.1, 0.15) is 11.5 Å². The van der Waals surface area contributed by atoms with Crippen molar-refractivity contribution in [2.45, 2.75) is 6.92 Å². The van der Waals surface area contributed by atoms with Crippen molar-refractivity contribution in [3.8, 4) is 11.5 Å². The maximum absolute atomic E-state index is 6.20. The highest BCUT2D eigenvalue weighted by molar-refractivity contribution is 6.35. The average molecular weight is 284 g/mol. The van der Waals surface area contributed by atoms with Crippen LogP contribution in [0.5, 0.6) is 11.5 Å². The molecular weight excluding hydrogens is 270 g/mol. The molecule has 2 N–H and O–H groups in total. The summed E-state index contributed by atoms with van der Waals surface area (Å²) in [6, 6.07) is 17.3. The molecule has 0 atom stereocenters. The molecule has 3 aromatic carbocycles. The first-order valence-corrected chi connectivity index (χ1v) is 6.74. The second-order valence-electron chi connectivity index (χ2n) is 4.73. The number of halogens is 1. The molecule has 0 saturated carbocycles. The maximum Gasteiger partial charge on any atom is 0.150 e. The van der Waals surface area contributed by atoms with Gasteiger partial charge in [0.2, 0.25) is 0 Å². The summed E-state index contributed by atoms with van der Waals surface area (Å²) in [6.45, 7) is 2.00. The zero-order chi connectivity index (χ0) is 14.1.